The summed E-state index contributed by atoms with van der Waals surface area (Å²) in [5.74, 6) is 0.211. The van der Waals surface area contributed by atoms with Crippen LogP contribution >= 0.6 is 0 Å². The Morgan fingerprint density at radius 1 is 0.970 bits per heavy atom. The van der Waals surface area contributed by atoms with Crippen molar-refractivity contribution in [1.82, 2.24) is 10.0 Å². The van der Waals surface area contributed by atoms with Crippen LogP contribution in [0.5, 0.6) is 5.75 Å². The van der Waals surface area contributed by atoms with Crippen molar-refractivity contribution in [3.05, 3.63) is 52.6 Å². The van der Waals surface area contributed by atoms with E-state index in [-0.39, 0.29) is 29.8 Å². The summed E-state index contributed by atoms with van der Waals surface area (Å²) in [5.41, 5.74) is 2.60. The molecular weight excluding hydrogens is 442 g/mol. The minimum absolute atomic E-state index is 0.0390. The van der Waals surface area contributed by atoms with Crippen molar-refractivity contribution >= 4 is 27.5 Å². The number of nitrogens with one attached hydrogen (secondary N) is 3. The van der Waals surface area contributed by atoms with Gasteiger partial charge >= 0.3 is 0 Å². The third kappa shape index (κ3) is 6.55. The Balaban J connectivity index is 1.94. The van der Waals surface area contributed by atoms with Crippen LogP contribution in [0, 0.1) is 26.2 Å². The Morgan fingerprint density at radius 2 is 1.58 bits per heavy atom. The SMILES string of the molecule is COc1c(C)cc(S(=O)(=O)NCCNC(=O)c2ccc(NC(=O)C(C)(C)C)cc2)c(C)c1C. The van der Waals surface area contributed by atoms with Crippen molar-refractivity contribution in [2.24, 2.45) is 5.41 Å². The molecule has 0 unspecified atom stereocenters. The van der Waals surface area contributed by atoms with Crippen LogP contribution in [0.15, 0.2) is 35.2 Å². The molecule has 2 rings (SSSR count). The Kier molecular flexibility index (Phi) is 8.26. The standard InChI is InChI=1S/C24H33N3O5S/c1-15-14-20(16(2)17(3)21(15)32-7)33(30,31)26-13-12-25-22(28)18-8-10-19(11-9-18)27-23(29)24(4,5)6/h8-11,14,26H,12-13H2,1-7H3,(H,25,28)(H,27,29). The van der Waals surface area contributed by atoms with Gasteiger partial charge in [-0.1, -0.05) is 20.8 Å². The van der Waals surface area contributed by atoms with Crippen LogP contribution in [0.2, 0.25) is 0 Å². The number of sulfonamides is 1. The van der Waals surface area contributed by atoms with E-state index in [4.69, 9.17) is 4.74 Å². The molecular formula is C24H33N3O5S. The molecule has 2 amide bonds. The van der Waals surface area contributed by atoms with Gasteiger partial charge in [-0.2, -0.15) is 0 Å². The Labute approximate surface area is 196 Å². The van der Waals surface area contributed by atoms with Gasteiger partial charge in [0.05, 0.1) is 12.0 Å². The highest BCUT2D eigenvalue weighted by Gasteiger charge is 2.22. The zero-order valence-electron chi connectivity index (χ0n) is 20.3. The van der Waals surface area contributed by atoms with Gasteiger partial charge in [-0.25, -0.2) is 13.1 Å². The second-order valence-corrected chi connectivity index (χ2v) is 10.6. The van der Waals surface area contributed by atoms with Crippen molar-refractivity contribution in [3.8, 4) is 5.75 Å². The van der Waals surface area contributed by atoms with Gasteiger partial charge in [0.1, 0.15) is 5.75 Å². The molecule has 0 radical (unpaired) electrons. The molecule has 180 valence electrons. The first-order chi connectivity index (χ1) is 15.3. The highest BCUT2D eigenvalue weighted by molar-refractivity contribution is 7.89. The van der Waals surface area contributed by atoms with E-state index in [0.717, 1.165) is 11.1 Å². The lowest BCUT2D eigenvalue weighted by Gasteiger charge is -2.17. The number of carbonyl (C=O) groups is 2. The molecule has 0 fully saturated rings. The van der Waals surface area contributed by atoms with E-state index < -0.39 is 15.4 Å². The van der Waals surface area contributed by atoms with Crippen LogP contribution in [0.1, 0.15) is 47.8 Å². The van der Waals surface area contributed by atoms with Gasteiger partial charge in [0, 0.05) is 29.8 Å². The summed E-state index contributed by atoms with van der Waals surface area (Å²) in [6, 6.07) is 8.09. The molecule has 0 saturated carbocycles. The van der Waals surface area contributed by atoms with E-state index in [1.165, 1.54) is 0 Å². The quantitative estimate of drug-likeness (QED) is 0.507. The lowest BCUT2D eigenvalue weighted by molar-refractivity contribution is -0.123. The molecule has 9 heteroatoms. The average molecular weight is 476 g/mol. The Hall–Kier alpha value is -2.91. The van der Waals surface area contributed by atoms with E-state index >= 15 is 0 Å². The smallest absolute Gasteiger partial charge is 0.251 e. The average Bonchev–Trinajstić information content (AvgIpc) is 2.73. The number of carbonyl (C=O) groups excluding carboxylic acids is 2. The van der Waals surface area contributed by atoms with Crippen LogP contribution in [0.4, 0.5) is 5.69 Å². The molecule has 3 N–H and O–H groups in total. The first-order valence-corrected chi connectivity index (χ1v) is 12.1. The molecule has 0 aliphatic carbocycles. The fourth-order valence-corrected chi connectivity index (χ4v) is 4.59. The van der Waals surface area contributed by atoms with Gasteiger partial charge in [0.15, 0.2) is 0 Å². The number of anilines is 1. The molecule has 0 atom stereocenters. The van der Waals surface area contributed by atoms with Gasteiger partial charge in [0.2, 0.25) is 15.9 Å². The summed E-state index contributed by atoms with van der Waals surface area (Å²) >= 11 is 0. The van der Waals surface area contributed by atoms with Gasteiger partial charge < -0.3 is 15.4 Å². The predicted octanol–water partition coefficient (Wildman–Crippen LogP) is 3.31. The first-order valence-electron chi connectivity index (χ1n) is 10.6. The maximum absolute atomic E-state index is 12.8. The largest absolute Gasteiger partial charge is 0.496 e. The van der Waals surface area contributed by atoms with Crippen molar-refractivity contribution in [2.45, 2.75) is 46.4 Å². The molecule has 0 aromatic heterocycles. The second kappa shape index (κ2) is 10.4. The van der Waals surface area contributed by atoms with Gasteiger partial charge in [-0.3, -0.25) is 9.59 Å². The van der Waals surface area contributed by atoms with Crippen molar-refractivity contribution in [1.29, 1.82) is 0 Å². The van der Waals surface area contributed by atoms with Crippen LogP contribution in [-0.2, 0) is 14.8 Å². The predicted molar refractivity (Wildman–Crippen MR) is 129 cm³/mol. The van der Waals surface area contributed by atoms with Crippen molar-refractivity contribution in [3.63, 3.8) is 0 Å². The molecule has 0 saturated heterocycles. The zero-order chi connectivity index (χ0) is 25.0. The number of ether oxygens (including phenoxy) is 1. The van der Waals surface area contributed by atoms with Gasteiger partial charge in [-0.05, 0) is 67.8 Å². The summed E-state index contributed by atoms with van der Waals surface area (Å²) in [5, 5.41) is 5.49. The van der Waals surface area contributed by atoms with Crippen LogP contribution in [0.25, 0.3) is 0 Å². The molecule has 0 aliphatic heterocycles. The summed E-state index contributed by atoms with van der Waals surface area (Å²) < 4.78 is 33.4. The molecule has 2 aromatic rings. The highest BCUT2D eigenvalue weighted by atomic mass is 32.2. The number of amides is 2. The van der Waals surface area contributed by atoms with Gasteiger partial charge in [0.25, 0.3) is 5.91 Å². The fourth-order valence-electron chi connectivity index (χ4n) is 3.18. The summed E-state index contributed by atoms with van der Waals surface area (Å²) in [6.45, 7) is 11.0. The summed E-state index contributed by atoms with van der Waals surface area (Å²) in [4.78, 5) is 24.6. The van der Waals surface area contributed by atoms with E-state index in [0.29, 0.717) is 22.6 Å². The van der Waals surface area contributed by atoms with Crippen molar-refractivity contribution < 1.29 is 22.7 Å². The third-order valence-electron chi connectivity index (χ3n) is 5.26. The Bertz CT molecular complexity index is 1130. The van der Waals surface area contributed by atoms with Crippen LogP contribution < -0.4 is 20.1 Å². The van der Waals surface area contributed by atoms with Gasteiger partial charge in [-0.15, -0.1) is 0 Å². The highest BCUT2D eigenvalue weighted by Crippen LogP contribution is 2.30. The molecule has 0 bridgehead atoms. The monoisotopic (exact) mass is 475 g/mol. The number of aryl methyl sites for hydroxylation is 1. The minimum atomic E-state index is -3.75. The first kappa shape index (κ1) is 26.3. The normalized spacial score (nSPS) is 11.7. The third-order valence-corrected chi connectivity index (χ3v) is 6.85. The topological polar surface area (TPSA) is 114 Å². The number of benzene rings is 2. The van der Waals surface area contributed by atoms with Crippen LogP contribution in [0.3, 0.4) is 0 Å². The van der Waals surface area contributed by atoms with Crippen molar-refractivity contribution in [2.75, 3.05) is 25.5 Å². The maximum atomic E-state index is 12.8. The molecule has 8 nitrogen and oxygen atoms in total. The van der Waals surface area contributed by atoms with E-state index in [1.54, 1.807) is 51.3 Å². The number of rotatable bonds is 8. The maximum Gasteiger partial charge on any atom is 0.251 e. The van der Waals surface area contributed by atoms with Crippen LogP contribution in [-0.4, -0.2) is 40.4 Å². The number of methoxy groups -OCH3 is 1. The lowest BCUT2D eigenvalue weighted by Crippen LogP contribution is -2.35. The fraction of sp³-hybridized carbons (Fsp3) is 0.417. The second-order valence-electron chi connectivity index (χ2n) is 8.91. The Morgan fingerprint density at radius 3 is 2.12 bits per heavy atom. The minimum Gasteiger partial charge on any atom is -0.496 e. The molecule has 0 heterocycles. The molecule has 33 heavy (non-hydrogen) atoms. The lowest BCUT2D eigenvalue weighted by atomic mass is 9.95. The molecule has 0 spiro atoms. The molecule has 0 aliphatic rings. The van der Waals surface area contributed by atoms with E-state index in [9.17, 15) is 18.0 Å². The summed E-state index contributed by atoms with van der Waals surface area (Å²) in [6.07, 6.45) is 0. The number of hydrogen-bond donors (Lipinski definition) is 3. The zero-order valence-corrected chi connectivity index (χ0v) is 21.1. The summed E-state index contributed by atoms with van der Waals surface area (Å²) in [7, 11) is -2.19. The van der Waals surface area contributed by atoms with E-state index in [2.05, 4.69) is 15.4 Å². The number of hydrogen-bond acceptors (Lipinski definition) is 5. The van der Waals surface area contributed by atoms with E-state index in [1.807, 2.05) is 27.7 Å². The molecule has 2 aromatic carbocycles.